The predicted molar refractivity (Wildman–Crippen MR) is 103 cm³/mol. The normalized spacial score (nSPS) is 11.1. The maximum absolute atomic E-state index is 12.9. The van der Waals surface area contributed by atoms with Gasteiger partial charge in [0.05, 0.1) is 23.0 Å². The number of nitrogens with one attached hydrogen (secondary N) is 2. The number of benzene rings is 2. The number of carbonyl (C=O) groups is 1. The Kier molecular flexibility index (Phi) is 5.63. The molecule has 0 saturated carbocycles. The molecule has 0 bridgehead atoms. The third kappa shape index (κ3) is 4.68. The van der Waals surface area contributed by atoms with E-state index in [1.54, 1.807) is 0 Å². The SMILES string of the molecule is CCc1ccccc1NC(=O)c1cncc(Nc2cccc(C(F)(F)F)c2)c1. The average Bonchev–Trinajstić information content (AvgIpc) is 2.68. The highest BCUT2D eigenvalue weighted by atomic mass is 19.4. The molecule has 1 heterocycles. The first-order valence-corrected chi connectivity index (χ1v) is 8.65. The van der Waals surface area contributed by atoms with Gasteiger partial charge in [0.1, 0.15) is 0 Å². The van der Waals surface area contributed by atoms with Crippen LogP contribution in [0.5, 0.6) is 0 Å². The molecule has 3 rings (SSSR count). The van der Waals surface area contributed by atoms with Crippen molar-refractivity contribution in [1.29, 1.82) is 0 Å². The number of alkyl halides is 3. The molecule has 2 N–H and O–H groups in total. The van der Waals surface area contributed by atoms with Crippen molar-refractivity contribution in [3.8, 4) is 0 Å². The van der Waals surface area contributed by atoms with Crippen LogP contribution in [0.4, 0.5) is 30.2 Å². The molecule has 0 aliphatic carbocycles. The second-order valence-corrected chi connectivity index (χ2v) is 6.13. The van der Waals surface area contributed by atoms with Crippen LogP contribution in [0.15, 0.2) is 67.0 Å². The number of rotatable bonds is 5. The molecule has 1 amide bonds. The molecule has 0 aliphatic rings. The van der Waals surface area contributed by atoms with Gasteiger partial charge in [0.25, 0.3) is 5.91 Å². The molecule has 7 heteroatoms. The van der Waals surface area contributed by atoms with Gasteiger partial charge >= 0.3 is 6.18 Å². The van der Waals surface area contributed by atoms with Gasteiger partial charge in [-0.15, -0.1) is 0 Å². The number of aromatic nitrogens is 1. The molecule has 0 radical (unpaired) electrons. The maximum Gasteiger partial charge on any atom is 0.416 e. The lowest BCUT2D eigenvalue weighted by molar-refractivity contribution is -0.137. The van der Waals surface area contributed by atoms with Crippen LogP contribution in [-0.2, 0) is 12.6 Å². The Morgan fingerprint density at radius 3 is 2.54 bits per heavy atom. The number of anilines is 3. The third-order valence-electron chi connectivity index (χ3n) is 4.13. The summed E-state index contributed by atoms with van der Waals surface area (Å²) in [6, 6.07) is 13.8. The highest BCUT2D eigenvalue weighted by molar-refractivity contribution is 6.05. The number of nitrogens with zero attached hydrogens (tertiary/aromatic N) is 1. The summed E-state index contributed by atoms with van der Waals surface area (Å²) >= 11 is 0. The number of pyridine rings is 1. The zero-order chi connectivity index (χ0) is 20.1. The molecule has 0 unspecified atom stereocenters. The molecular formula is C21H18F3N3O. The number of hydrogen-bond acceptors (Lipinski definition) is 3. The lowest BCUT2D eigenvalue weighted by atomic mass is 10.1. The van der Waals surface area contributed by atoms with Crippen molar-refractivity contribution < 1.29 is 18.0 Å². The van der Waals surface area contributed by atoms with E-state index in [1.165, 1.54) is 30.6 Å². The van der Waals surface area contributed by atoms with Gasteiger partial charge in [-0.2, -0.15) is 13.2 Å². The summed E-state index contributed by atoms with van der Waals surface area (Å²) in [7, 11) is 0. The van der Waals surface area contributed by atoms with E-state index in [0.29, 0.717) is 16.9 Å². The fourth-order valence-corrected chi connectivity index (χ4v) is 2.72. The molecular weight excluding hydrogens is 367 g/mol. The third-order valence-corrected chi connectivity index (χ3v) is 4.13. The molecule has 0 spiro atoms. The number of para-hydroxylation sites is 1. The standard InChI is InChI=1S/C21H18F3N3O/c1-2-14-6-3-4-9-19(14)27-20(28)15-10-18(13-25-12-15)26-17-8-5-7-16(11-17)21(22,23)24/h3-13,26H,2H2,1H3,(H,27,28). The zero-order valence-electron chi connectivity index (χ0n) is 15.0. The topological polar surface area (TPSA) is 54.0 Å². The van der Waals surface area contributed by atoms with Crippen molar-refractivity contribution in [2.45, 2.75) is 19.5 Å². The van der Waals surface area contributed by atoms with E-state index in [0.717, 1.165) is 24.1 Å². The van der Waals surface area contributed by atoms with Crippen LogP contribution < -0.4 is 10.6 Å². The monoisotopic (exact) mass is 385 g/mol. The van der Waals surface area contributed by atoms with Crippen molar-refractivity contribution in [3.63, 3.8) is 0 Å². The highest BCUT2D eigenvalue weighted by Gasteiger charge is 2.30. The molecule has 144 valence electrons. The first kappa shape index (κ1) is 19.4. The predicted octanol–water partition coefficient (Wildman–Crippen LogP) is 5.66. The first-order valence-electron chi connectivity index (χ1n) is 8.65. The van der Waals surface area contributed by atoms with Crippen LogP contribution in [-0.4, -0.2) is 10.9 Å². The zero-order valence-corrected chi connectivity index (χ0v) is 15.0. The van der Waals surface area contributed by atoms with Crippen LogP contribution in [0.1, 0.15) is 28.4 Å². The minimum absolute atomic E-state index is 0.255. The van der Waals surface area contributed by atoms with Crippen molar-refractivity contribution in [1.82, 2.24) is 4.98 Å². The van der Waals surface area contributed by atoms with E-state index in [-0.39, 0.29) is 11.6 Å². The van der Waals surface area contributed by atoms with Gasteiger partial charge in [0.2, 0.25) is 0 Å². The molecule has 2 aromatic carbocycles. The van der Waals surface area contributed by atoms with Gasteiger partial charge in [-0.25, -0.2) is 0 Å². The van der Waals surface area contributed by atoms with Crippen molar-refractivity contribution in [2.24, 2.45) is 0 Å². The summed E-state index contributed by atoms with van der Waals surface area (Å²) in [5.41, 5.74) is 1.92. The largest absolute Gasteiger partial charge is 0.416 e. The fraction of sp³-hybridized carbons (Fsp3) is 0.143. The van der Waals surface area contributed by atoms with Crippen molar-refractivity contribution in [3.05, 3.63) is 83.7 Å². The molecule has 4 nitrogen and oxygen atoms in total. The number of carbonyl (C=O) groups excluding carboxylic acids is 1. The average molecular weight is 385 g/mol. The summed E-state index contributed by atoms with van der Waals surface area (Å²) < 4.78 is 38.6. The van der Waals surface area contributed by atoms with Gasteiger partial charge in [-0.05, 0) is 42.3 Å². The molecule has 0 saturated heterocycles. The summed E-state index contributed by atoms with van der Waals surface area (Å²) in [5.74, 6) is -0.346. The number of hydrogen-bond donors (Lipinski definition) is 2. The minimum Gasteiger partial charge on any atom is -0.354 e. The first-order chi connectivity index (χ1) is 13.4. The Morgan fingerprint density at radius 2 is 1.79 bits per heavy atom. The second kappa shape index (κ2) is 8.12. The Bertz CT molecular complexity index is 986. The van der Waals surface area contributed by atoms with Crippen LogP contribution in [0.2, 0.25) is 0 Å². The lowest BCUT2D eigenvalue weighted by Crippen LogP contribution is -2.13. The quantitative estimate of drug-likeness (QED) is 0.596. The number of amides is 1. The molecule has 0 fully saturated rings. The summed E-state index contributed by atoms with van der Waals surface area (Å²) in [6.45, 7) is 1.99. The smallest absolute Gasteiger partial charge is 0.354 e. The summed E-state index contributed by atoms with van der Waals surface area (Å²) in [5, 5.41) is 5.70. The van der Waals surface area contributed by atoms with Crippen LogP contribution in [0, 0.1) is 0 Å². The molecule has 1 aromatic heterocycles. The van der Waals surface area contributed by atoms with Crippen LogP contribution in [0.25, 0.3) is 0 Å². The van der Waals surface area contributed by atoms with Crippen molar-refractivity contribution in [2.75, 3.05) is 10.6 Å². The van der Waals surface area contributed by atoms with Gasteiger partial charge in [-0.1, -0.05) is 31.2 Å². The number of halogens is 3. The molecule has 28 heavy (non-hydrogen) atoms. The van der Waals surface area contributed by atoms with Gasteiger partial charge in [-0.3, -0.25) is 9.78 Å². The summed E-state index contributed by atoms with van der Waals surface area (Å²) in [4.78, 5) is 16.6. The summed E-state index contributed by atoms with van der Waals surface area (Å²) in [6.07, 6.45) is -0.811. The van der Waals surface area contributed by atoms with Gasteiger partial charge in [0.15, 0.2) is 0 Å². The van der Waals surface area contributed by atoms with E-state index in [2.05, 4.69) is 15.6 Å². The lowest BCUT2D eigenvalue weighted by Gasteiger charge is -2.12. The van der Waals surface area contributed by atoms with Crippen molar-refractivity contribution >= 4 is 23.0 Å². The van der Waals surface area contributed by atoms with E-state index in [1.807, 2.05) is 31.2 Å². The van der Waals surface area contributed by atoms with E-state index < -0.39 is 11.7 Å². The molecule has 0 aliphatic heterocycles. The Balaban J connectivity index is 1.78. The van der Waals surface area contributed by atoms with Crippen LogP contribution >= 0.6 is 0 Å². The van der Waals surface area contributed by atoms with E-state index >= 15 is 0 Å². The minimum atomic E-state index is -4.43. The van der Waals surface area contributed by atoms with E-state index in [4.69, 9.17) is 0 Å². The van der Waals surface area contributed by atoms with Gasteiger partial charge < -0.3 is 10.6 Å². The Labute approximate surface area is 160 Å². The number of aryl methyl sites for hydroxylation is 1. The van der Waals surface area contributed by atoms with Gasteiger partial charge in [0, 0.05) is 17.6 Å². The maximum atomic E-state index is 12.9. The van der Waals surface area contributed by atoms with Crippen LogP contribution in [0.3, 0.4) is 0 Å². The fourth-order valence-electron chi connectivity index (χ4n) is 2.72. The van der Waals surface area contributed by atoms with E-state index in [9.17, 15) is 18.0 Å². The molecule has 3 aromatic rings. The molecule has 0 atom stereocenters. The second-order valence-electron chi connectivity index (χ2n) is 6.13. The Morgan fingerprint density at radius 1 is 1.00 bits per heavy atom. The highest BCUT2D eigenvalue weighted by Crippen LogP contribution is 2.31. The Hall–Kier alpha value is -3.35.